The molecule has 1 atom stereocenters. The van der Waals surface area contributed by atoms with Crippen molar-refractivity contribution >= 4 is 21.4 Å². The largest absolute Gasteiger partial charge is 0.396 e. The summed E-state index contributed by atoms with van der Waals surface area (Å²) in [7, 11) is -3.42. The Morgan fingerprint density at radius 2 is 2.32 bits per heavy atom. The van der Waals surface area contributed by atoms with Crippen LogP contribution in [0.1, 0.15) is 24.1 Å². The van der Waals surface area contributed by atoms with Crippen LogP contribution in [0.5, 0.6) is 0 Å². The Morgan fingerprint density at radius 1 is 1.47 bits per heavy atom. The van der Waals surface area contributed by atoms with Crippen LogP contribution in [0, 0.1) is 0 Å². The molecule has 0 amide bonds. The van der Waals surface area contributed by atoms with E-state index in [0.29, 0.717) is 23.6 Å². The molecule has 2 rings (SSSR count). The third-order valence-electron chi connectivity index (χ3n) is 3.04. The highest BCUT2D eigenvalue weighted by Crippen LogP contribution is 2.22. The molecule has 0 aromatic carbocycles. The van der Waals surface area contributed by atoms with Gasteiger partial charge < -0.3 is 9.84 Å². The molecule has 0 aliphatic carbocycles. The van der Waals surface area contributed by atoms with E-state index in [-0.39, 0.29) is 12.7 Å². The van der Waals surface area contributed by atoms with Crippen LogP contribution in [0.15, 0.2) is 16.3 Å². The second-order valence-corrected chi connectivity index (χ2v) is 7.68. The summed E-state index contributed by atoms with van der Waals surface area (Å²) in [5.41, 5.74) is 0. The SMILES string of the molecule is O=S(=O)(NCCC1CCCO1)c1ccc(CCO)s1. The molecular formula is C12H19NO4S2. The number of ether oxygens (including phenoxy) is 1. The summed E-state index contributed by atoms with van der Waals surface area (Å²) in [6, 6.07) is 3.33. The van der Waals surface area contributed by atoms with Crippen molar-refractivity contribution in [2.24, 2.45) is 0 Å². The monoisotopic (exact) mass is 305 g/mol. The van der Waals surface area contributed by atoms with Crippen molar-refractivity contribution in [1.82, 2.24) is 4.72 Å². The van der Waals surface area contributed by atoms with E-state index in [9.17, 15) is 8.42 Å². The van der Waals surface area contributed by atoms with Gasteiger partial charge in [-0.05, 0) is 31.4 Å². The van der Waals surface area contributed by atoms with Crippen molar-refractivity contribution in [3.05, 3.63) is 17.0 Å². The molecule has 19 heavy (non-hydrogen) atoms. The molecule has 1 aliphatic rings. The van der Waals surface area contributed by atoms with E-state index in [1.807, 2.05) is 0 Å². The van der Waals surface area contributed by atoms with Crippen molar-refractivity contribution in [2.45, 2.75) is 36.0 Å². The first-order chi connectivity index (χ1) is 9.12. The van der Waals surface area contributed by atoms with Gasteiger partial charge in [0.05, 0.1) is 6.10 Å². The number of thiophene rings is 1. The van der Waals surface area contributed by atoms with Crippen molar-refractivity contribution < 1.29 is 18.3 Å². The normalized spacial score (nSPS) is 19.9. The lowest BCUT2D eigenvalue weighted by atomic mass is 10.2. The van der Waals surface area contributed by atoms with Crippen LogP contribution >= 0.6 is 11.3 Å². The molecule has 1 fully saturated rings. The van der Waals surface area contributed by atoms with Gasteiger partial charge in [-0.3, -0.25) is 0 Å². The second kappa shape index (κ2) is 6.81. The van der Waals surface area contributed by atoms with Gasteiger partial charge >= 0.3 is 0 Å². The number of aliphatic hydroxyl groups excluding tert-OH is 1. The zero-order chi connectivity index (χ0) is 13.7. The lowest BCUT2D eigenvalue weighted by molar-refractivity contribution is 0.105. The van der Waals surface area contributed by atoms with Crippen LogP contribution in [0.2, 0.25) is 0 Å². The minimum absolute atomic E-state index is 0.0342. The summed E-state index contributed by atoms with van der Waals surface area (Å²) in [5.74, 6) is 0. The smallest absolute Gasteiger partial charge is 0.250 e. The fourth-order valence-corrected chi connectivity index (χ4v) is 4.48. The molecule has 1 aliphatic heterocycles. The van der Waals surface area contributed by atoms with Gasteiger partial charge in [-0.25, -0.2) is 13.1 Å². The van der Waals surface area contributed by atoms with Gasteiger partial charge in [0.15, 0.2) is 0 Å². The van der Waals surface area contributed by atoms with Crippen molar-refractivity contribution in [3.8, 4) is 0 Å². The Hall–Kier alpha value is -0.470. The summed E-state index contributed by atoms with van der Waals surface area (Å²) >= 11 is 1.21. The molecule has 1 saturated heterocycles. The molecule has 0 saturated carbocycles. The molecule has 0 radical (unpaired) electrons. The standard InChI is InChI=1S/C12H19NO4S2/c14-8-6-11-3-4-12(18-11)19(15,16)13-7-5-10-2-1-9-17-10/h3-4,10,13-14H,1-2,5-9H2. The summed E-state index contributed by atoms with van der Waals surface area (Å²) < 4.78 is 32.4. The van der Waals surface area contributed by atoms with Gasteiger partial charge in [-0.2, -0.15) is 0 Å². The van der Waals surface area contributed by atoms with E-state index in [1.165, 1.54) is 11.3 Å². The Labute approximate surface area is 117 Å². The van der Waals surface area contributed by atoms with Gasteiger partial charge in [0.1, 0.15) is 4.21 Å². The molecule has 2 N–H and O–H groups in total. The molecule has 5 nitrogen and oxygen atoms in total. The van der Waals surface area contributed by atoms with Gasteiger partial charge in [-0.15, -0.1) is 11.3 Å². The van der Waals surface area contributed by atoms with Crippen LogP contribution in [0.3, 0.4) is 0 Å². The van der Waals surface area contributed by atoms with Crippen molar-refractivity contribution in [3.63, 3.8) is 0 Å². The lowest BCUT2D eigenvalue weighted by Crippen LogP contribution is -2.26. The third-order valence-corrected chi connectivity index (χ3v) is 6.14. The van der Waals surface area contributed by atoms with Crippen LogP contribution in [0.25, 0.3) is 0 Å². The van der Waals surface area contributed by atoms with Gasteiger partial charge in [0.2, 0.25) is 10.0 Å². The summed E-state index contributed by atoms with van der Waals surface area (Å²) in [5, 5.41) is 8.82. The molecule has 2 heterocycles. The predicted molar refractivity (Wildman–Crippen MR) is 73.9 cm³/mol. The number of nitrogens with one attached hydrogen (secondary N) is 1. The average molecular weight is 305 g/mol. The van der Waals surface area contributed by atoms with Gasteiger partial charge in [-0.1, -0.05) is 0 Å². The lowest BCUT2D eigenvalue weighted by Gasteiger charge is -2.09. The van der Waals surface area contributed by atoms with Crippen molar-refractivity contribution in [1.29, 1.82) is 0 Å². The van der Waals surface area contributed by atoms with Crippen molar-refractivity contribution in [2.75, 3.05) is 19.8 Å². The first kappa shape index (κ1) is 14.9. The van der Waals surface area contributed by atoms with E-state index < -0.39 is 10.0 Å². The maximum Gasteiger partial charge on any atom is 0.250 e. The zero-order valence-corrected chi connectivity index (χ0v) is 12.3. The highest BCUT2D eigenvalue weighted by atomic mass is 32.2. The molecule has 0 spiro atoms. The first-order valence-corrected chi connectivity index (χ1v) is 8.72. The quantitative estimate of drug-likeness (QED) is 0.792. The van der Waals surface area contributed by atoms with Crippen LogP contribution in [0.4, 0.5) is 0 Å². The topological polar surface area (TPSA) is 75.6 Å². The maximum atomic E-state index is 12.0. The molecule has 1 aromatic rings. The minimum Gasteiger partial charge on any atom is -0.396 e. The molecule has 1 aromatic heterocycles. The summed E-state index contributed by atoms with van der Waals surface area (Å²) in [6.45, 7) is 1.22. The molecule has 108 valence electrons. The Balaban J connectivity index is 1.85. The van der Waals surface area contributed by atoms with E-state index in [2.05, 4.69) is 4.72 Å². The van der Waals surface area contributed by atoms with E-state index in [1.54, 1.807) is 12.1 Å². The third kappa shape index (κ3) is 4.25. The van der Waals surface area contributed by atoms with Gasteiger partial charge in [0.25, 0.3) is 0 Å². The summed E-state index contributed by atoms with van der Waals surface area (Å²) in [4.78, 5) is 0.877. The van der Waals surface area contributed by atoms with Crippen LogP contribution in [-0.2, 0) is 21.2 Å². The Bertz CT molecular complexity index is 492. The highest BCUT2D eigenvalue weighted by molar-refractivity contribution is 7.91. The fraction of sp³-hybridized carbons (Fsp3) is 0.667. The zero-order valence-electron chi connectivity index (χ0n) is 10.7. The second-order valence-electron chi connectivity index (χ2n) is 4.52. The maximum absolute atomic E-state index is 12.0. The number of hydrogen-bond donors (Lipinski definition) is 2. The molecule has 0 bridgehead atoms. The van der Waals surface area contributed by atoms with E-state index in [4.69, 9.17) is 9.84 Å². The van der Waals surface area contributed by atoms with E-state index in [0.717, 1.165) is 24.3 Å². The Kier molecular flexibility index (Phi) is 5.35. The molecule has 1 unspecified atom stereocenters. The number of hydrogen-bond acceptors (Lipinski definition) is 5. The molecular weight excluding hydrogens is 286 g/mol. The number of aliphatic hydroxyl groups is 1. The number of rotatable bonds is 7. The number of sulfonamides is 1. The highest BCUT2D eigenvalue weighted by Gasteiger charge is 2.19. The van der Waals surface area contributed by atoms with Gasteiger partial charge in [0, 0.05) is 31.1 Å². The fourth-order valence-electron chi connectivity index (χ4n) is 2.04. The molecule has 7 heteroatoms. The summed E-state index contributed by atoms with van der Waals surface area (Å²) in [6.07, 6.45) is 3.48. The first-order valence-electron chi connectivity index (χ1n) is 6.42. The van der Waals surface area contributed by atoms with Crippen LogP contribution in [-0.4, -0.2) is 39.4 Å². The predicted octanol–water partition coefficient (Wildman–Crippen LogP) is 1.13. The van der Waals surface area contributed by atoms with Crippen LogP contribution < -0.4 is 4.72 Å². The van der Waals surface area contributed by atoms with E-state index >= 15 is 0 Å². The Morgan fingerprint density at radius 3 is 3.00 bits per heavy atom. The average Bonchev–Trinajstić information content (AvgIpc) is 3.00. The minimum atomic E-state index is -3.42.